The standard InChI is InChI=1S/C11H14I2O/c1-3-4-5-14-11-9(12)6-8(2)7-10(11)13/h6-7H,3-5H2,1-2H3. The second-order valence-electron chi connectivity index (χ2n) is 3.26. The van der Waals surface area contributed by atoms with Crippen molar-refractivity contribution in [2.45, 2.75) is 26.7 Å². The molecule has 0 N–H and O–H groups in total. The number of halogens is 2. The summed E-state index contributed by atoms with van der Waals surface area (Å²) in [5.41, 5.74) is 1.29. The van der Waals surface area contributed by atoms with Crippen LogP contribution in [0.1, 0.15) is 25.3 Å². The smallest absolute Gasteiger partial charge is 0.145 e. The Labute approximate surface area is 113 Å². The van der Waals surface area contributed by atoms with Gasteiger partial charge in [0.15, 0.2) is 0 Å². The minimum atomic E-state index is 0.825. The highest BCUT2D eigenvalue weighted by atomic mass is 127. The molecule has 0 heterocycles. The van der Waals surface area contributed by atoms with Gasteiger partial charge < -0.3 is 4.74 Å². The van der Waals surface area contributed by atoms with Crippen LogP contribution in [-0.2, 0) is 0 Å². The van der Waals surface area contributed by atoms with Gasteiger partial charge in [-0.25, -0.2) is 0 Å². The van der Waals surface area contributed by atoms with Crippen LogP contribution in [0.5, 0.6) is 5.75 Å². The highest BCUT2D eigenvalue weighted by Gasteiger charge is 2.06. The Morgan fingerprint density at radius 2 is 1.79 bits per heavy atom. The summed E-state index contributed by atoms with van der Waals surface area (Å²) in [4.78, 5) is 0. The van der Waals surface area contributed by atoms with E-state index in [0.717, 1.165) is 18.8 Å². The predicted octanol–water partition coefficient (Wildman–Crippen LogP) is 4.38. The van der Waals surface area contributed by atoms with Crippen LogP contribution in [-0.4, -0.2) is 6.61 Å². The number of rotatable bonds is 4. The molecular formula is C11H14I2O. The van der Waals surface area contributed by atoms with Crippen molar-refractivity contribution >= 4 is 45.2 Å². The maximum atomic E-state index is 5.75. The lowest BCUT2D eigenvalue weighted by Gasteiger charge is -2.10. The van der Waals surface area contributed by atoms with Gasteiger partial charge in [0.25, 0.3) is 0 Å². The molecule has 78 valence electrons. The zero-order chi connectivity index (χ0) is 10.6. The summed E-state index contributed by atoms with van der Waals surface area (Å²) in [5, 5.41) is 0. The molecule has 0 radical (unpaired) electrons. The van der Waals surface area contributed by atoms with Crippen LogP contribution >= 0.6 is 45.2 Å². The maximum Gasteiger partial charge on any atom is 0.145 e. The molecule has 0 aliphatic rings. The summed E-state index contributed by atoms with van der Waals surface area (Å²) in [5.74, 6) is 1.05. The van der Waals surface area contributed by atoms with Crippen LogP contribution in [0.3, 0.4) is 0 Å². The molecular weight excluding hydrogens is 402 g/mol. The summed E-state index contributed by atoms with van der Waals surface area (Å²) in [6, 6.07) is 4.31. The van der Waals surface area contributed by atoms with E-state index in [1.807, 2.05) is 0 Å². The van der Waals surface area contributed by atoms with Crippen molar-refractivity contribution < 1.29 is 4.74 Å². The quantitative estimate of drug-likeness (QED) is 0.523. The molecule has 0 aliphatic carbocycles. The average molecular weight is 416 g/mol. The topological polar surface area (TPSA) is 9.23 Å². The number of benzene rings is 1. The molecule has 0 saturated heterocycles. The Kier molecular flexibility index (Phi) is 5.51. The minimum absolute atomic E-state index is 0.825. The van der Waals surface area contributed by atoms with Crippen LogP contribution in [0, 0.1) is 14.1 Å². The lowest BCUT2D eigenvalue weighted by Crippen LogP contribution is -2.00. The fourth-order valence-corrected chi connectivity index (χ4v) is 3.53. The highest BCUT2D eigenvalue weighted by Crippen LogP contribution is 2.28. The van der Waals surface area contributed by atoms with E-state index in [1.165, 1.54) is 19.1 Å². The number of unbranched alkanes of at least 4 members (excludes halogenated alkanes) is 1. The van der Waals surface area contributed by atoms with Gasteiger partial charge in [-0.2, -0.15) is 0 Å². The predicted molar refractivity (Wildman–Crippen MR) is 77.0 cm³/mol. The first-order chi connectivity index (χ1) is 6.65. The van der Waals surface area contributed by atoms with Gasteiger partial charge in [0, 0.05) is 0 Å². The second-order valence-corrected chi connectivity index (χ2v) is 5.58. The Hall–Kier alpha value is 0.480. The number of aryl methyl sites for hydroxylation is 1. The summed E-state index contributed by atoms with van der Waals surface area (Å²) >= 11 is 4.67. The fourth-order valence-electron chi connectivity index (χ4n) is 1.14. The molecule has 0 spiro atoms. The van der Waals surface area contributed by atoms with Crippen LogP contribution < -0.4 is 4.74 Å². The Balaban J connectivity index is 2.75. The molecule has 0 fully saturated rings. The Morgan fingerprint density at radius 3 is 2.29 bits per heavy atom. The number of hydrogen-bond donors (Lipinski definition) is 0. The van der Waals surface area contributed by atoms with E-state index in [2.05, 4.69) is 71.2 Å². The molecule has 1 aromatic rings. The molecule has 1 nitrogen and oxygen atoms in total. The zero-order valence-electron chi connectivity index (χ0n) is 8.44. The first kappa shape index (κ1) is 12.5. The van der Waals surface area contributed by atoms with Gasteiger partial charge in [-0.05, 0) is 76.2 Å². The molecule has 14 heavy (non-hydrogen) atoms. The van der Waals surface area contributed by atoms with E-state index < -0.39 is 0 Å². The van der Waals surface area contributed by atoms with Gasteiger partial charge in [0.2, 0.25) is 0 Å². The van der Waals surface area contributed by atoms with Crippen molar-refractivity contribution in [2.75, 3.05) is 6.61 Å². The minimum Gasteiger partial charge on any atom is -0.491 e. The Morgan fingerprint density at radius 1 is 1.21 bits per heavy atom. The van der Waals surface area contributed by atoms with E-state index in [9.17, 15) is 0 Å². The van der Waals surface area contributed by atoms with Crippen molar-refractivity contribution in [3.63, 3.8) is 0 Å². The molecule has 0 aromatic heterocycles. The van der Waals surface area contributed by atoms with Gasteiger partial charge in [-0.15, -0.1) is 0 Å². The van der Waals surface area contributed by atoms with E-state index in [1.54, 1.807) is 0 Å². The highest BCUT2D eigenvalue weighted by molar-refractivity contribution is 14.1. The van der Waals surface area contributed by atoms with Gasteiger partial charge in [0.1, 0.15) is 5.75 Å². The van der Waals surface area contributed by atoms with Gasteiger partial charge in [-0.1, -0.05) is 13.3 Å². The largest absolute Gasteiger partial charge is 0.491 e. The van der Waals surface area contributed by atoms with E-state index in [-0.39, 0.29) is 0 Å². The summed E-state index contributed by atoms with van der Waals surface area (Å²) < 4.78 is 8.17. The van der Waals surface area contributed by atoms with Crippen LogP contribution in [0.4, 0.5) is 0 Å². The molecule has 0 amide bonds. The first-order valence-corrected chi connectivity index (χ1v) is 6.89. The number of hydrogen-bond acceptors (Lipinski definition) is 1. The average Bonchev–Trinajstić information content (AvgIpc) is 2.09. The van der Waals surface area contributed by atoms with Crippen molar-refractivity contribution in [2.24, 2.45) is 0 Å². The molecule has 1 aromatic carbocycles. The van der Waals surface area contributed by atoms with E-state index in [4.69, 9.17) is 4.74 Å². The molecule has 0 aliphatic heterocycles. The van der Waals surface area contributed by atoms with Gasteiger partial charge >= 0.3 is 0 Å². The molecule has 0 saturated carbocycles. The van der Waals surface area contributed by atoms with Crippen molar-refractivity contribution in [1.29, 1.82) is 0 Å². The summed E-state index contributed by atoms with van der Waals surface area (Å²) in [7, 11) is 0. The summed E-state index contributed by atoms with van der Waals surface area (Å²) in [6.45, 7) is 5.11. The third kappa shape index (κ3) is 3.56. The third-order valence-electron chi connectivity index (χ3n) is 1.89. The third-order valence-corrected chi connectivity index (χ3v) is 3.49. The normalized spacial score (nSPS) is 10.3. The molecule has 0 unspecified atom stereocenters. The first-order valence-electron chi connectivity index (χ1n) is 4.73. The van der Waals surface area contributed by atoms with Gasteiger partial charge in [0.05, 0.1) is 13.7 Å². The fraction of sp³-hybridized carbons (Fsp3) is 0.455. The van der Waals surface area contributed by atoms with Gasteiger partial charge in [-0.3, -0.25) is 0 Å². The van der Waals surface area contributed by atoms with Crippen molar-refractivity contribution in [1.82, 2.24) is 0 Å². The lowest BCUT2D eigenvalue weighted by atomic mass is 10.2. The molecule has 1 rings (SSSR count). The molecule has 0 atom stereocenters. The second kappa shape index (κ2) is 6.15. The maximum absolute atomic E-state index is 5.75. The number of ether oxygens (including phenoxy) is 1. The SMILES string of the molecule is CCCCOc1c(I)cc(C)cc1I. The van der Waals surface area contributed by atoms with Crippen LogP contribution in [0.15, 0.2) is 12.1 Å². The Bertz CT molecular complexity index is 287. The zero-order valence-corrected chi connectivity index (χ0v) is 12.8. The van der Waals surface area contributed by atoms with E-state index >= 15 is 0 Å². The monoisotopic (exact) mass is 416 g/mol. The summed E-state index contributed by atoms with van der Waals surface area (Å²) in [6.07, 6.45) is 2.30. The molecule has 0 bridgehead atoms. The van der Waals surface area contributed by atoms with E-state index in [0.29, 0.717) is 0 Å². The molecule has 3 heteroatoms. The lowest BCUT2D eigenvalue weighted by molar-refractivity contribution is 0.305. The van der Waals surface area contributed by atoms with Crippen molar-refractivity contribution in [3.05, 3.63) is 24.8 Å². The van der Waals surface area contributed by atoms with Crippen LogP contribution in [0.25, 0.3) is 0 Å². The van der Waals surface area contributed by atoms with Crippen molar-refractivity contribution in [3.8, 4) is 5.75 Å². The van der Waals surface area contributed by atoms with Crippen LogP contribution in [0.2, 0.25) is 0 Å².